The zero-order chi connectivity index (χ0) is 22.6. The molecule has 0 radical (unpaired) electrons. The fourth-order valence-corrected chi connectivity index (χ4v) is 6.84. The minimum absolute atomic E-state index is 0.0527. The van der Waals surface area contributed by atoms with Crippen LogP contribution in [0.4, 0.5) is 0 Å². The Morgan fingerprint density at radius 1 is 0.968 bits per heavy atom. The van der Waals surface area contributed by atoms with Crippen LogP contribution in [-0.2, 0) is 26.6 Å². The molecule has 2 aromatic rings. The van der Waals surface area contributed by atoms with E-state index in [0.29, 0.717) is 11.4 Å². The molecule has 0 aromatic heterocycles. The Kier molecular flexibility index (Phi) is 7.81. The van der Waals surface area contributed by atoms with Gasteiger partial charge in [0, 0.05) is 23.7 Å². The summed E-state index contributed by atoms with van der Waals surface area (Å²) in [7, 11) is -7.49. The van der Waals surface area contributed by atoms with Crippen molar-refractivity contribution in [2.75, 3.05) is 0 Å². The maximum absolute atomic E-state index is 13.5. The zero-order valence-corrected chi connectivity index (χ0v) is 20.2. The molecular formula is C22H29ClN2O4S2. The number of hydrogen-bond donors (Lipinski definition) is 1. The zero-order valence-electron chi connectivity index (χ0n) is 17.8. The van der Waals surface area contributed by atoms with Gasteiger partial charge in [-0.1, -0.05) is 43.5 Å². The molecule has 0 bridgehead atoms. The second kappa shape index (κ2) is 10.0. The summed E-state index contributed by atoms with van der Waals surface area (Å²) in [5.41, 5.74) is 0.858. The first-order valence-corrected chi connectivity index (χ1v) is 13.8. The van der Waals surface area contributed by atoms with Crippen LogP contribution in [0.1, 0.15) is 51.5 Å². The quantitative estimate of drug-likeness (QED) is 0.565. The van der Waals surface area contributed by atoms with E-state index in [4.69, 9.17) is 11.6 Å². The van der Waals surface area contributed by atoms with Gasteiger partial charge in [0.2, 0.25) is 20.0 Å². The van der Waals surface area contributed by atoms with Crippen LogP contribution < -0.4 is 4.72 Å². The lowest BCUT2D eigenvalue weighted by molar-refractivity contribution is 0.316. The molecule has 31 heavy (non-hydrogen) atoms. The highest BCUT2D eigenvalue weighted by Gasteiger charge is 2.33. The average molecular weight is 485 g/mol. The van der Waals surface area contributed by atoms with Crippen molar-refractivity contribution in [1.82, 2.24) is 9.03 Å². The Labute approximate surface area is 190 Å². The van der Waals surface area contributed by atoms with Gasteiger partial charge in [-0.15, -0.1) is 0 Å². The van der Waals surface area contributed by atoms with Gasteiger partial charge in [-0.3, -0.25) is 0 Å². The lowest BCUT2D eigenvalue weighted by Crippen LogP contribution is -2.38. The molecule has 1 aliphatic carbocycles. The highest BCUT2D eigenvalue weighted by atomic mass is 35.5. The third-order valence-corrected chi connectivity index (χ3v) is 9.46. The number of nitrogens with zero attached hydrogens (tertiary/aromatic N) is 1. The summed E-state index contributed by atoms with van der Waals surface area (Å²) in [6, 6.07) is 12.3. The Hall–Kier alpha value is -1.45. The lowest BCUT2D eigenvalue weighted by Gasteiger charge is -2.28. The summed E-state index contributed by atoms with van der Waals surface area (Å²) >= 11 is 5.97. The molecule has 1 fully saturated rings. The van der Waals surface area contributed by atoms with Crippen molar-refractivity contribution < 1.29 is 16.8 Å². The van der Waals surface area contributed by atoms with Crippen LogP contribution in [0.2, 0.25) is 5.02 Å². The second-order valence-electron chi connectivity index (χ2n) is 8.02. The van der Waals surface area contributed by atoms with Crippen molar-refractivity contribution in [2.24, 2.45) is 0 Å². The van der Waals surface area contributed by atoms with E-state index in [1.807, 2.05) is 19.1 Å². The summed E-state index contributed by atoms with van der Waals surface area (Å²) in [6.45, 7) is 3.92. The van der Waals surface area contributed by atoms with Crippen LogP contribution in [-0.4, -0.2) is 33.2 Å². The first kappa shape index (κ1) is 24.2. The van der Waals surface area contributed by atoms with Crippen molar-refractivity contribution in [3.05, 3.63) is 59.1 Å². The predicted molar refractivity (Wildman–Crippen MR) is 123 cm³/mol. The van der Waals surface area contributed by atoms with Crippen LogP contribution in [0.25, 0.3) is 0 Å². The van der Waals surface area contributed by atoms with E-state index in [1.165, 1.54) is 24.3 Å². The monoisotopic (exact) mass is 484 g/mol. The molecule has 0 amide bonds. The Morgan fingerprint density at radius 3 is 2.06 bits per heavy atom. The minimum atomic E-state index is -3.80. The molecule has 9 heteroatoms. The van der Waals surface area contributed by atoms with E-state index >= 15 is 0 Å². The topological polar surface area (TPSA) is 83.5 Å². The second-order valence-corrected chi connectivity index (χ2v) is 12.1. The molecule has 6 nitrogen and oxygen atoms in total. The molecule has 0 aliphatic heterocycles. The van der Waals surface area contributed by atoms with E-state index in [0.717, 1.165) is 31.2 Å². The van der Waals surface area contributed by atoms with Crippen LogP contribution in [0.5, 0.6) is 0 Å². The smallest absolute Gasteiger partial charge is 0.208 e. The van der Waals surface area contributed by atoms with Crippen LogP contribution in [0.3, 0.4) is 0 Å². The molecule has 1 saturated carbocycles. The summed E-state index contributed by atoms with van der Waals surface area (Å²) in [5, 5.41) is 0.599. The summed E-state index contributed by atoms with van der Waals surface area (Å²) in [5.74, 6) is 0. The summed E-state index contributed by atoms with van der Waals surface area (Å²) < 4.78 is 56.1. The normalized spacial score (nSPS) is 16.6. The Bertz CT molecular complexity index is 1080. The minimum Gasteiger partial charge on any atom is -0.208 e. The van der Waals surface area contributed by atoms with Gasteiger partial charge in [0.1, 0.15) is 0 Å². The lowest BCUT2D eigenvalue weighted by atomic mass is 10.2. The molecule has 0 saturated heterocycles. The molecule has 3 rings (SSSR count). The molecule has 0 heterocycles. The number of benzene rings is 2. The van der Waals surface area contributed by atoms with Gasteiger partial charge < -0.3 is 0 Å². The fourth-order valence-electron chi connectivity index (χ4n) is 3.71. The van der Waals surface area contributed by atoms with Crippen molar-refractivity contribution in [3.63, 3.8) is 0 Å². The summed E-state index contributed by atoms with van der Waals surface area (Å²) in [6.07, 6.45) is 4.29. The molecule has 1 unspecified atom stereocenters. The van der Waals surface area contributed by atoms with Crippen LogP contribution in [0, 0.1) is 0 Å². The van der Waals surface area contributed by atoms with Gasteiger partial charge in [0.25, 0.3) is 0 Å². The SMILES string of the molecule is CCC(C)NS(=O)(=O)c1ccc(S(=O)(=O)N(Cc2ccc(Cl)cc2)C2CCCC2)cc1. The average Bonchev–Trinajstić information content (AvgIpc) is 3.27. The van der Waals surface area contributed by atoms with Crippen LogP contribution >= 0.6 is 11.6 Å². The number of rotatable bonds is 9. The molecule has 1 atom stereocenters. The molecular weight excluding hydrogens is 456 g/mol. The van der Waals surface area contributed by atoms with E-state index in [9.17, 15) is 16.8 Å². The maximum atomic E-state index is 13.5. The first-order chi connectivity index (χ1) is 14.6. The fraction of sp³-hybridized carbons (Fsp3) is 0.455. The first-order valence-electron chi connectivity index (χ1n) is 10.5. The number of hydrogen-bond acceptors (Lipinski definition) is 4. The Morgan fingerprint density at radius 2 is 1.52 bits per heavy atom. The van der Waals surface area contributed by atoms with E-state index in [-0.39, 0.29) is 28.4 Å². The molecule has 1 aliphatic rings. The molecule has 0 spiro atoms. The van der Waals surface area contributed by atoms with Crippen LogP contribution in [0.15, 0.2) is 58.3 Å². The summed E-state index contributed by atoms with van der Waals surface area (Å²) in [4.78, 5) is 0.146. The van der Waals surface area contributed by atoms with Gasteiger partial charge in [-0.2, -0.15) is 4.31 Å². The number of halogens is 1. The standard InChI is InChI=1S/C22H29ClN2O4S2/c1-3-17(2)24-30(26,27)21-12-14-22(15-13-21)31(28,29)25(20-6-4-5-7-20)16-18-8-10-19(23)11-9-18/h8-15,17,20,24H,3-7,16H2,1-2H3. The highest BCUT2D eigenvalue weighted by molar-refractivity contribution is 7.89. The van der Waals surface area contributed by atoms with Gasteiger partial charge in [-0.05, 0) is 68.1 Å². The highest BCUT2D eigenvalue weighted by Crippen LogP contribution is 2.31. The van der Waals surface area contributed by atoms with Gasteiger partial charge in [-0.25, -0.2) is 21.6 Å². The number of sulfonamides is 2. The van der Waals surface area contributed by atoms with Crippen molar-refractivity contribution >= 4 is 31.6 Å². The van der Waals surface area contributed by atoms with Crippen molar-refractivity contribution in [1.29, 1.82) is 0 Å². The predicted octanol–water partition coefficient (Wildman–Crippen LogP) is 4.55. The van der Waals surface area contributed by atoms with Gasteiger partial charge >= 0.3 is 0 Å². The van der Waals surface area contributed by atoms with Crippen molar-refractivity contribution in [2.45, 2.75) is 74.4 Å². The van der Waals surface area contributed by atoms with Gasteiger partial charge in [0.05, 0.1) is 9.79 Å². The van der Waals surface area contributed by atoms with E-state index < -0.39 is 20.0 Å². The van der Waals surface area contributed by atoms with Crippen molar-refractivity contribution in [3.8, 4) is 0 Å². The van der Waals surface area contributed by atoms with E-state index in [2.05, 4.69) is 4.72 Å². The molecule has 170 valence electrons. The van der Waals surface area contributed by atoms with Gasteiger partial charge in [0.15, 0.2) is 0 Å². The Balaban J connectivity index is 1.89. The maximum Gasteiger partial charge on any atom is 0.243 e. The van der Waals surface area contributed by atoms with E-state index in [1.54, 1.807) is 23.4 Å². The largest absolute Gasteiger partial charge is 0.243 e. The third kappa shape index (κ3) is 5.87. The molecule has 2 aromatic carbocycles. The number of nitrogens with one attached hydrogen (secondary N) is 1. The molecule has 1 N–H and O–H groups in total. The third-order valence-electron chi connectivity index (χ3n) is 5.69.